The molecule has 0 N–H and O–H groups in total. The molecule has 0 aromatic heterocycles. The van der Waals surface area contributed by atoms with Crippen molar-refractivity contribution in [1.29, 1.82) is 0 Å². The lowest BCUT2D eigenvalue weighted by atomic mass is 9.98. The molecule has 3 heteroatoms. The summed E-state index contributed by atoms with van der Waals surface area (Å²) in [6.45, 7) is 1.66. The molecular formula is C17H13NO2. The van der Waals surface area contributed by atoms with Crippen LogP contribution in [0.1, 0.15) is 18.1 Å². The van der Waals surface area contributed by atoms with Gasteiger partial charge in [0.2, 0.25) is 5.88 Å². The maximum atomic E-state index is 11.6. The molecule has 3 rings (SSSR count). The van der Waals surface area contributed by atoms with Crippen molar-refractivity contribution in [2.24, 2.45) is 4.99 Å². The van der Waals surface area contributed by atoms with Crippen LogP contribution < -0.4 is 0 Å². The van der Waals surface area contributed by atoms with Crippen LogP contribution in [0.25, 0.3) is 5.57 Å². The first-order chi connectivity index (χ1) is 9.75. The van der Waals surface area contributed by atoms with Crippen molar-refractivity contribution in [3.05, 3.63) is 77.7 Å². The van der Waals surface area contributed by atoms with Gasteiger partial charge in [-0.15, -0.1) is 0 Å². The Labute approximate surface area is 117 Å². The molecule has 1 aliphatic rings. The SMILES string of the molecule is CC1=NC(=C(c2ccccc2)c2ccccc2)OC1=O. The summed E-state index contributed by atoms with van der Waals surface area (Å²) >= 11 is 0. The van der Waals surface area contributed by atoms with Gasteiger partial charge in [-0.25, -0.2) is 9.79 Å². The quantitative estimate of drug-likeness (QED) is 0.779. The molecule has 20 heavy (non-hydrogen) atoms. The van der Waals surface area contributed by atoms with Crippen molar-refractivity contribution < 1.29 is 9.53 Å². The van der Waals surface area contributed by atoms with Gasteiger partial charge in [0.05, 0.1) is 5.57 Å². The van der Waals surface area contributed by atoms with Gasteiger partial charge >= 0.3 is 5.97 Å². The minimum Gasteiger partial charge on any atom is -0.402 e. The molecule has 1 heterocycles. The molecule has 0 amide bonds. The highest BCUT2D eigenvalue weighted by Crippen LogP contribution is 2.30. The van der Waals surface area contributed by atoms with Crippen LogP contribution in [-0.2, 0) is 9.53 Å². The van der Waals surface area contributed by atoms with Crippen LogP contribution >= 0.6 is 0 Å². The number of cyclic esters (lactones) is 1. The molecule has 0 bridgehead atoms. The van der Waals surface area contributed by atoms with Gasteiger partial charge in [0.25, 0.3) is 0 Å². The van der Waals surface area contributed by atoms with Crippen LogP contribution in [0.2, 0.25) is 0 Å². The number of aliphatic imine (C=N–C) groups is 1. The predicted molar refractivity (Wildman–Crippen MR) is 78.1 cm³/mol. The zero-order chi connectivity index (χ0) is 13.9. The van der Waals surface area contributed by atoms with Crippen LogP contribution in [0.5, 0.6) is 0 Å². The number of carbonyl (C=O) groups excluding carboxylic acids is 1. The van der Waals surface area contributed by atoms with Gasteiger partial charge < -0.3 is 4.74 Å². The lowest BCUT2D eigenvalue weighted by Crippen LogP contribution is -2.04. The summed E-state index contributed by atoms with van der Waals surface area (Å²) in [5.41, 5.74) is 3.15. The van der Waals surface area contributed by atoms with Crippen LogP contribution in [0.15, 0.2) is 71.5 Å². The third-order valence-corrected chi connectivity index (χ3v) is 3.09. The normalized spacial score (nSPS) is 13.9. The average molecular weight is 263 g/mol. The van der Waals surface area contributed by atoms with Gasteiger partial charge in [0.15, 0.2) is 0 Å². The maximum Gasteiger partial charge on any atom is 0.359 e. The molecule has 0 unspecified atom stereocenters. The number of hydrogen-bond acceptors (Lipinski definition) is 3. The van der Waals surface area contributed by atoms with Crippen molar-refractivity contribution in [2.45, 2.75) is 6.92 Å². The number of ether oxygens (including phenoxy) is 1. The van der Waals surface area contributed by atoms with E-state index in [9.17, 15) is 4.79 Å². The van der Waals surface area contributed by atoms with Gasteiger partial charge in [-0.05, 0) is 18.1 Å². The predicted octanol–water partition coefficient (Wildman–Crippen LogP) is 3.42. The van der Waals surface area contributed by atoms with Gasteiger partial charge in [-0.2, -0.15) is 0 Å². The Balaban J connectivity index is 2.21. The summed E-state index contributed by atoms with van der Waals surface area (Å²) in [5, 5.41) is 0. The summed E-state index contributed by atoms with van der Waals surface area (Å²) in [4.78, 5) is 15.8. The molecule has 0 atom stereocenters. The molecular weight excluding hydrogens is 250 g/mol. The molecule has 0 radical (unpaired) electrons. The summed E-state index contributed by atoms with van der Waals surface area (Å²) in [5.74, 6) is -0.0192. The standard InChI is InChI=1S/C17H13NO2/c1-12-17(19)20-16(18-12)15(13-8-4-2-5-9-13)14-10-6-3-7-11-14/h2-11H,1H3. The van der Waals surface area contributed by atoms with E-state index in [-0.39, 0.29) is 5.97 Å². The van der Waals surface area contributed by atoms with E-state index in [0.29, 0.717) is 11.6 Å². The Morgan fingerprint density at radius 3 is 1.80 bits per heavy atom. The molecule has 3 nitrogen and oxygen atoms in total. The number of rotatable bonds is 2. The zero-order valence-corrected chi connectivity index (χ0v) is 11.0. The van der Waals surface area contributed by atoms with Gasteiger partial charge in [-0.1, -0.05) is 60.7 Å². The fraction of sp³-hybridized carbons (Fsp3) is 0.0588. The molecule has 1 aliphatic heterocycles. The van der Waals surface area contributed by atoms with E-state index in [1.54, 1.807) is 6.92 Å². The first-order valence-corrected chi connectivity index (χ1v) is 6.38. The first-order valence-electron chi connectivity index (χ1n) is 6.38. The smallest absolute Gasteiger partial charge is 0.359 e. The van der Waals surface area contributed by atoms with E-state index in [1.807, 2.05) is 60.7 Å². The van der Waals surface area contributed by atoms with Gasteiger partial charge in [-0.3, -0.25) is 0 Å². The topological polar surface area (TPSA) is 38.7 Å². The fourth-order valence-electron chi connectivity index (χ4n) is 2.11. The summed E-state index contributed by atoms with van der Waals surface area (Å²) in [6, 6.07) is 19.6. The number of nitrogens with zero attached hydrogens (tertiary/aromatic N) is 1. The fourth-order valence-corrected chi connectivity index (χ4v) is 2.11. The Morgan fingerprint density at radius 2 is 1.40 bits per heavy atom. The second-order valence-corrected chi connectivity index (χ2v) is 4.50. The van der Waals surface area contributed by atoms with E-state index in [4.69, 9.17) is 4.74 Å². The maximum absolute atomic E-state index is 11.6. The molecule has 0 saturated carbocycles. The van der Waals surface area contributed by atoms with Gasteiger partial charge in [0.1, 0.15) is 5.71 Å². The minimum atomic E-state index is -0.385. The number of benzene rings is 2. The number of hydrogen-bond donors (Lipinski definition) is 0. The second kappa shape index (κ2) is 5.13. The molecule has 2 aromatic rings. The van der Waals surface area contributed by atoms with Crippen LogP contribution in [0, 0.1) is 0 Å². The van der Waals surface area contributed by atoms with Crippen LogP contribution in [0.4, 0.5) is 0 Å². The van der Waals surface area contributed by atoms with Crippen LogP contribution in [0.3, 0.4) is 0 Å². The van der Waals surface area contributed by atoms with E-state index in [1.165, 1.54) is 0 Å². The van der Waals surface area contributed by atoms with E-state index in [0.717, 1.165) is 16.7 Å². The lowest BCUT2D eigenvalue weighted by Gasteiger charge is -2.09. The molecule has 0 saturated heterocycles. The first kappa shape index (κ1) is 12.4. The highest BCUT2D eigenvalue weighted by molar-refractivity contribution is 6.37. The Kier molecular flexibility index (Phi) is 3.17. The van der Waals surface area contributed by atoms with Crippen LogP contribution in [-0.4, -0.2) is 11.7 Å². The monoisotopic (exact) mass is 263 g/mol. The lowest BCUT2D eigenvalue weighted by molar-refractivity contribution is -0.130. The highest BCUT2D eigenvalue weighted by Gasteiger charge is 2.24. The third kappa shape index (κ3) is 2.26. The van der Waals surface area contributed by atoms with Crippen molar-refractivity contribution in [3.63, 3.8) is 0 Å². The number of carbonyl (C=O) groups is 1. The van der Waals surface area contributed by atoms with Crippen molar-refractivity contribution in [3.8, 4) is 0 Å². The molecule has 98 valence electrons. The molecule has 0 spiro atoms. The Bertz CT molecular complexity index is 659. The van der Waals surface area contributed by atoms with Crippen molar-refractivity contribution >= 4 is 17.3 Å². The second-order valence-electron chi connectivity index (χ2n) is 4.50. The number of esters is 1. The summed E-state index contributed by atoms with van der Waals surface area (Å²) < 4.78 is 5.28. The summed E-state index contributed by atoms with van der Waals surface area (Å²) in [6.07, 6.45) is 0. The zero-order valence-electron chi connectivity index (χ0n) is 11.0. The molecule has 0 fully saturated rings. The van der Waals surface area contributed by atoms with E-state index < -0.39 is 0 Å². The average Bonchev–Trinajstić information content (AvgIpc) is 2.81. The summed E-state index contributed by atoms with van der Waals surface area (Å²) in [7, 11) is 0. The van der Waals surface area contributed by atoms with Crippen molar-refractivity contribution in [2.75, 3.05) is 0 Å². The highest BCUT2D eigenvalue weighted by atomic mass is 16.6. The van der Waals surface area contributed by atoms with E-state index in [2.05, 4.69) is 4.99 Å². The molecule has 0 aliphatic carbocycles. The largest absolute Gasteiger partial charge is 0.402 e. The molecule has 2 aromatic carbocycles. The Hall–Kier alpha value is -2.68. The van der Waals surface area contributed by atoms with Gasteiger partial charge in [0, 0.05) is 0 Å². The van der Waals surface area contributed by atoms with Crippen molar-refractivity contribution in [1.82, 2.24) is 0 Å². The van der Waals surface area contributed by atoms with E-state index >= 15 is 0 Å². The third-order valence-electron chi connectivity index (χ3n) is 3.09. The Morgan fingerprint density at radius 1 is 0.900 bits per heavy atom. The minimum absolute atomic E-state index is 0.366.